The van der Waals surface area contributed by atoms with Gasteiger partial charge in [-0.05, 0) is 19.4 Å². The van der Waals surface area contributed by atoms with Gasteiger partial charge in [-0.3, -0.25) is 4.79 Å². The van der Waals surface area contributed by atoms with Gasteiger partial charge in [-0.1, -0.05) is 48.6 Å². The van der Waals surface area contributed by atoms with Crippen molar-refractivity contribution in [2.75, 3.05) is 6.61 Å². The van der Waals surface area contributed by atoms with Gasteiger partial charge in [0.2, 0.25) is 0 Å². The monoisotopic (exact) mass is 292 g/mol. The smallest absolute Gasteiger partial charge is 0.305 e. The Kier molecular flexibility index (Phi) is 6.14. The SMILES string of the molecule is CCOC(=O)C[C@H](CC(C)=O)[Si](C)(C)c1ccccc1. The first-order valence-electron chi connectivity index (χ1n) is 7.08. The minimum absolute atomic E-state index is 0.0847. The van der Waals surface area contributed by atoms with E-state index in [1.807, 2.05) is 18.2 Å². The van der Waals surface area contributed by atoms with Gasteiger partial charge >= 0.3 is 5.97 Å². The van der Waals surface area contributed by atoms with Crippen molar-refractivity contribution in [2.24, 2.45) is 0 Å². The molecule has 0 aromatic heterocycles. The van der Waals surface area contributed by atoms with Crippen molar-refractivity contribution >= 4 is 25.0 Å². The molecule has 1 rings (SSSR count). The largest absolute Gasteiger partial charge is 0.466 e. The number of carbonyl (C=O) groups is 2. The summed E-state index contributed by atoms with van der Waals surface area (Å²) in [6.07, 6.45) is 0.786. The molecule has 3 nitrogen and oxygen atoms in total. The Morgan fingerprint density at radius 2 is 1.75 bits per heavy atom. The molecule has 0 heterocycles. The molecule has 0 unspecified atom stereocenters. The number of hydrogen-bond donors (Lipinski definition) is 0. The van der Waals surface area contributed by atoms with Crippen LogP contribution in [-0.2, 0) is 14.3 Å². The van der Waals surface area contributed by atoms with Crippen LogP contribution in [0.2, 0.25) is 18.6 Å². The maximum absolute atomic E-state index is 11.8. The highest BCUT2D eigenvalue weighted by Crippen LogP contribution is 2.30. The fraction of sp³-hybridized carbons (Fsp3) is 0.500. The van der Waals surface area contributed by atoms with Crippen LogP contribution in [0.5, 0.6) is 0 Å². The predicted octanol–water partition coefficient (Wildman–Crippen LogP) is 2.90. The molecule has 0 fully saturated rings. The fourth-order valence-corrected chi connectivity index (χ4v) is 5.45. The van der Waals surface area contributed by atoms with Gasteiger partial charge in [0.05, 0.1) is 14.7 Å². The van der Waals surface area contributed by atoms with Crippen LogP contribution in [0.1, 0.15) is 26.7 Å². The maximum atomic E-state index is 11.8. The first-order chi connectivity index (χ1) is 9.37. The lowest BCUT2D eigenvalue weighted by Crippen LogP contribution is -2.47. The zero-order chi connectivity index (χ0) is 15.2. The van der Waals surface area contributed by atoms with Gasteiger partial charge in [0, 0.05) is 12.8 Å². The van der Waals surface area contributed by atoms with Gasteiger partial charge < -0.3 is 9.53 Å². The summed E-state index contributed by atoms with van der Waals surface area (Å²) in [6.45, 7) is 8.22. The molecule has 0 saturated carbocycles. The van der Waals surface area contributed by atoms with E-state index in [-0.39, 0.29) is 17.3 Å². The van der Waals surface area contributed by atoms with Crippen molar-refractivity contribution in [3.8, 4) is 0 Å². The molecule has 4 heteroatoms. The number of hydrogen-bond acceptors (Lipinski definition) is 3. The van der Waals surface area contributed by atoms with E-state index in [9.17, 15) is 9.59 Å². The van der Waals surface area contributed by atoms with Crippen molar-refractivity contribution in [3.63, 3.8) is 0 Å². The Morgan fingerprint density at radius 1 is 1.15 bits per heavy atom. The summed E-state index contributed by atoms with van der Waals surface area (Å²) in [5, 5.41) is 1.27. The minimum Gasteiger partial charge on any atom is -0.466 e. The van der Waals surface area contributed by atoms with Gasteiger partial charge in [-0.25, -0.2) is 0 Å². The van der Waals surface area contributed by atoms with E-state index in [2.05, 4.69) is 25.2 Å². The van der Waals surface area contributed by atoms with Crippen LogP contribution in [0.15, 0.2) is 30.3 Å². The van der Waals surface area contributed by atoms with Crippen LogP contribution >= 0.6 is 0 Å². The third kappa shape index (κ3) is 4.60. The Balaban J connectivity index is 2.96. The van der Waals surface area contributed by atoms with Crippen LogP contribution in [0, 0.1) is 0 Å². The maximum Gasteiger partial charge on any atom is 0.305 e. The van der Waals surface area contributed by atoms with Crippen molar-refractivity contribution in [1.29, 1.82) is 0 Å². The van der Waals surface area contributed by atoms with Crippen LogP contribution in [0.4, 0.5) is 0 Å². The number of Topliss-reactive ketones (excluding diaryl/α,β-unsaturated/α-hetero) is 1. The molecule has 1 atom stereocenters. The predicted molar refractivity (Wildman–Crippen MR) is 83.9 cm³/mol. The van der Waals surface area contributed by atoms with Crippen LogP contribution in [0.25, 0.3) is 0 Å². The molecule has 0 spiro atoms. The quantitative estimate of drug-likeness (QED) is 0.573. The third-order valence-electron chi connectivity index (χ3n) is 3.79. The molecule has 0 aliphatic carbocycles. The van der Waals surface area contributed by atoms with Gasteiger partial charge in [-0.15, -0.1) is 0 Å². The first kappa shape index (κ1) is 16.6. The van der Waals surface area contributed by atoms with Gasteiger partial charge in [0.1, 0.15) is 5.78 Å². The van der Waals surface area contributed by atoms with Crippen molar-refractivity contribution in [1.82, 2.24) is 0 Å². The summed E-state index contributed by atoms with van der Waals surface area (Å²) in [7, 11) is -1.89. The lowest BCUT2D eigenvalue weighted by molar-refractivity contribution is -0.143. The summed E-state index contributed by atoms with van der Waals surface area (Å²) >= 11 is 0. The van der Waals surface area contributed by atoms with E-state index >= 15 is 0 Å². The minimum atomic E-state index is -1.89. The van der Waals surface area contributed by atoms with Crippen molar-refractivity contribution < 1.29 is 14.3 Å². The lowest BCUT2D eigenvalue weighted by atomic mass is 10.2. The first-order valence-corrected chi connectivity index (χ1v) is 10.2. The molecule has 0 saturated heterocycles. The molecule has 0 N–H and O–H groups in total. The van der Waals surface area contributed by atoms with E-state index in [0.717, 1.165) is 0 Å². The van der Waals surface area contributed by atoms with E-state index in [1.54, 1.807) is 13.8 Å². The van der Waals surface area contributed by atoms with Crippen LogP contribution < -0.4 is 5.19 Å². The molecule has 20 heavy (non-hydrogen) atoms. The molecule has 0 aliphatic rings. The standard InChI is InChI=1S/C16H24O3Si/c1-5-19-16(18)12-15(11-13(2)17)20(3,4)14-9-7-6-8-10-14/h6-10,15H,5,11-12H2,1-4H3/t15-/m0/s1. The van der Waals surface area contributed by atoms with Crippen LogP contribution in [-0.4, -0.2) is 26.4 Å². The molecule has 1 aromatic carbocycles. The Morgan fingerprint density at radius 3 is 2.25 bits per heavy atom. The van der Waals surface area contributed by atoms with Crippen molar-refractivity contribution in [2.45, 2.75) is 45.3 Å². The molecule has 0 bridgehead atoms. The van der Waals surface area contributed by atoms with Crippen molar-refractivity contribution in [3.05, 3.63) is 30.3 Å². The second kappa shape index (κ2) is 7.38. The number of esters is 1. The summed E-state index contributed by atoms with van der Waals surface area (Å²) in [4.78, 5) is 23.3. The number of carbonyl (C=O) groups excluding carboxylic acids is 2. The molecule has 110 valence electrons. The normalized spacial score (nSPS) is 12.8. The highest BCUT2D eigenvalue weighted by atomic mass is 28.3. The Hall–Kier alpha value is -1.42. The highest BCUT2D eigenvalue weighted by Gasteiger charge is 2.36. The molecule has 0 amide bonds. The zero-order valence-corrected chi connectivity index (χ0v) is 13.8. The number of ether oxygens (including phenoxy) is 1. The van der Waals surface area contributed by atoms with E-state index in [1.165, 1.54) is 5.19 Å². The van der Waals surface area contributed by atoms with Gasteiger partial charge in [0.15, 0.2) is 0 Å². The second-order valence-corrected chi connectivity index (χ2v) is 10.5. The average molecular weight is 292 g/mol. The summed E-state index contributed by atoms with van der Waals surface area (Å²) < 4.78 is 5.06. The summed E-state index contributed by atoms with van der Waals surface area (Å²) in [5.74, 6) is -0.0638. The van der Waals surface area contributed by atoms with E-state index < -0.39 is 8.07 Å². The highest BCUT2D eigenvalue weighted by molar-refractivity contribution is 6.91. The lowest BCUT2D eigenvalue weighted by Gasteiger charge is -2.32. The van der Waals surface area contributed by atoms with Crippen LogP contribution in [0.3, 0.4) is 0 Å². The topological polar surface area (TPSA) is 43.4 Å². The molecule has 0 aliphatic heterocycles. The van der Waals surface area contributed by atoms with E-state index in [4.69, 9.17) is 4.74 Å². The Bertz CT molecular complexity index is 454. The number of rotatable bonds is 7. The summed E-state index contributed by atoms with van der Waals surface area (Å²) in [5.41, 5.74) is 0.0847. The Labute approximate surface area is 122 Å². The summed E-state index contributed by atoms with van der Waals surface area (Å²) in [6, 6.07) is 10.2. The number of ketones is 1. The second-order valence-electron chi connectivity index (χ2n) is 5.70. The zero-order valence-electron chi connectivity index (χ0n) is 12.8. The van der Waals surface area contributed by atoms with E-state index in [0.29, 0.717) is 19.4 Å². The third-order valence-corrected chi connectivity index (χ3v) is 8.06. The number of benzene rings is 1. The fourth-order valence-electron chi connectivity index (χ4n) is 2.45. The van der Waals surface area contributed by atoms with Gasteiger partial charge in [-0.2, -0.15) is 0 Å². The molecular formula is C16H24O3Si. The molecular weight excluding hydrogens is 268 g/mol. The average Bonchev–Trinajstić information content (AvgIpc) is 2.38. The van der Waals surface area contributed by atoms with Gasteiger partial charge in [0.25, 0.3) is 0 Å². The molecule has 1 aromatic rings. The molecule has 0 radical (unpaired) electrons.